The molecule has 0 spiro atoms. The van der Waals surface area contributed by atoms with Crippen molar-refractivity contribution in [1.82, 2.24) is 10.2 Å². The molecule has 1 atom stereocenters. The summed E-state index contributed by atoms with van der Waals surface area (Å²) in [5, 5.41) is 11.2. The van der Waals surface area contributed by atoms with E-state index >= 15 is 0 Å². The second kappa shape index (κ2) is 5.55. The van der Waals surface area contributed by atoms with Gasteiger partial charge in [-0.25, -0.2) is 4.79 Å². The van der Waals surface area contributed by atoms with Crippen LogP contribution in [0.15, 0.2) is 0 Å². The highest BCUT2D eigenvalue weighted by atomic mass is 16.5. The molecule has 15 heavy (non-hydrogen) atoms. The van der Waals surface area contributed by atoms with Gasteiger partial charge < -0.3 is 20.1 Å². The monoisotopic (exact) mass is 216 g/mol. The maximum Gasteiger partial charge on any atom is 0.317 e. The minimum absolute atomic E-state index is 0.158. The first-order valence-electron chi connectivity index (χ1n) is 4.94. The van der Waals surface area contributed by atoms with Crippen LogP contribution in [-0.4, -0.2) is 54.9 Å². The van der Waals surface area contributed by atoms with E-state index in [0.717, 1.165) is 0 Å². The molecule has 1 saturated heterocycles. The van der Waals surface area contributed by atoms with Crippen LogP contribution < -0.4 is 5.32 Å². The smallest absolute Gasteiger partial charge is 0.317 e. The van der Waals surface area contributed by atoms with Gasteiger partial charge in [-0.1, -0.05) is 6.92 Å². The standard InChI is InChI=1S/C9H16N2O4/c1-7(8(12)13)6-10-9(14)11-2-4-15-5-3-11/h7H,2-6H2,1H3,(H,10,14)(H,12,13). The van der Waals surface area contributed by atoms with Crippen LogP contribution in [0.5, 0.6) is 0 Å². The van der Waals surface area contributed by atoms with Crippen molar-refractivity contribution in [3.05, 3.63) is 0 Å². The molecule has 1 aliphatic rings. The highest BCUT2D eigenvalue weighted by molar-refractivity contribution is 5.75. The van der Waals surface area contributed by atoms with Crippen molar-refractivity contribution in [1.29, 1.82) is 0 Å². The summed E-state index contributed by atoms with van der Waals surface area (Å²) in [6.45, 7) is 3.93. The van der Waals surface area contributed by atoms with Crippen LogP contribution in [0, 0.1) is 5.92 Å². The Bertz CT molecular complexity index is 238. The zero-order valence-electron chi connectivity index (χ0n) is 8.73. The summed E-state index contributed by atoms with van der Waals surface area (Å²) in [5.74, 6) is -1.47. The summed E-state index contributed by atoms with van der Waals surface area (Å²) in [7, 11) is 0. The van der Waals surface area contributed by atoms with E-state index in [0.29, 0.717) is 26.3 Å². The Hall–Kier alpha value is -1.30. The van der Waals surface area contributed by atoms with Crippen molar-refractivity contribution in [2.75, 3.05) is 32.8 Å². The Labute approximate surface area is 88.2 Å². The molecule has 0 radical (unpaired) electrons. The number of urea groups is 1. The van der Waals surface area contributed by atoms with Gasteiger partial charge in [0.25, 0.3) is 0 Å². The summed E-state index contributed by atoms with van der Waals surface area (Å²) < 4.78 is 5.10. The first-order chi connectivity index (χ1) is 7.11. The number of morpholine rings is 1. The number of carboxylic acids is 1. The molecule has 0 aromatic carbocycles. The van der Waals surface area contributed by atoms with Crippen molar-refractivity contribution in [2.24, 2.45) is 5.92 Å². The Morgan fingerprint density at radius 3 is 2.60 bits per heavy atom. The van der Waals surface area contributed by atoms with Gasteiger partial charge in [0.2, 0.25) is 0 Å². The van der Waals surface area contributed by atoms with Crippen LogP contribution in [0.2, 0.25) is 0 Å². The number of hydrogen-bond acceptors (Lipinski definition) is 3. The Morgan fingerprint density at radius 1 is 1.47 bits per heavy atom. The minimum Gasteiger partial charge on any atom is -0.481 e. The molecular weight excluding hydrogens is 200 g/mol. The third-order valence-electron chi connectivity index (χ3n) is 2.28. The molecule has 2 amide bonds. The molecule has 1 aliphatic heterocycles. The number of nitrogens with zero attached hydrogens (tertiary/aromatic N) is 1. The molecule has 1 unspecified atom stereocenters. The van der Waals surface area contributed by atoms with Crippen LogP contribution in [0.25, 0.3) is 0 Å². The average Bonchev–Trinajstić information content (AvgIpc) is 2.26. The van der Waals surface area contributed by atoms with E-state index in [1.54, 1.807) is 11.8 Å². The normalized spacial score (nSPS) is 18.3. The molecule has 86 valence electrons. The zero-order chi connectivity index (χ0) is 11.3. The third-order valence-corrected chi connectivity index (χ3v) is 2.28. The second-order valence-electron chi connectivity index (χ2n) is 3.52. The minimum atomic E-state index is -0.905. The molecule has 6 nitrogen and oxygen atoms in total. The molecule has 1 rings (SSSR count). The highest BCUT2D eigenvalue weighted by Crippen LogP contribution is 1.98. The van der Waals surface area contributed by atoms with Gasteiger partial charge in [0.1, 0.15) is 0 Å². The van der Waals surface area contributed by atoms with Gasteiger partial charge in [0.15, 0.2) is 0 Å². The molecular formula is C9H16N2O4. The van der Waals surface area contributed by atoms with E-state index in [1.165, 1.54) is 0 Å². The fraction of sp³-hybridized carbons (Fsp3) is 0.778. The van der Waals surface area contributed by atoms with Crippen LogP contribution in [0.4, 0.5) is 4.79 Å². The number of rotatable bonds is 3. The molecule has 2 N–H and O–H groups in total. The van der Waals surface area contributed by atoms with Crippen LogP contribution in [0.3, 0.4) is 0 Å². The first-order valence-corrected chi connectivity index (χ1v) is 4.94. The fourth-order valence-electron chi connectivity index (χ4n) is 1.21. The molecule has 1 fully saturated rings. The van der Waals surface area contributed by atoms with Gasteiger partial charge in [0.05, 0.1) is 19.1 Å². The molecule has 0 bridgehead atoms. The average molecular weight is 216 g/mol. The molecule has 0 aromatic heterocycles. The lowest BCUT2D eigenvalue weighted by Gasteiger charge is -2.27. The summed E-state index contributed by atoms with van der Waals surface area (Å²) in [4.78, 5) is 23.6. The molecule has 0 aliphatic carbocycles. The first kappa shape index (κ1) is 11.8. The van der Waals surface area contributed by atoms with Crippen LogP contribution in [-0.2, 0) is 9.53 Å². The molecule has 6 heteroatoms. The van der Waals surface area contributed by atoms with Gasteiger partial charge in [-0.3, -0.25) is 4.79 Å². The van der Waals surface area contributed by atoms with Gasteiger partial charge in [0, 0.05) is 19.6 Å². The Morgan fingerprint density at radius 2 is 2.07 bits per heavy atom. The number of carbonyl (C=O) groups is 2. The van der Waals surface area contributed by atoms with Crippen molar-refractivity contribution in [2.45, 2.75) is 6.92 Å². The van der Waals surface area contributed by atoms with E-state index in [9.17, 15) is 9.59 Å². The summed E-state index contributed by atoms with van der Waals surface area (Å²) >= 11 is 0. The van der Waals surface area contributed by atoms with Gasteiger partial charge >= 0.3 is 12.0 Å². The molecule has 0 aromatic rings. The van der Waals surface area contributed by atoms with Crippen molar-refractivity contribution in [3.8, 4) is 0 Å². The predicted octanol–water partition coefficient (Wildman–Crippen LogP) is -0.251. The largest absolute Gasteiger partial charge is 0.481 e. The topological polar surface area (TPSA) is 78.9 Å². The lowest BCUT2D eigenvalue weighted by molar-refractivity contribution is -0.140. The van der Waals surface area contributed by atoms with E-state index < -0.39 is 11.9 Å². The van der Waals surface area contributed by atoms with Crippen LogP contribution >= 0.6 is 0 Å². The zero-order valence-corrected chi connectivity index (χ0v) is 8.73. The summed E-state index contributed by atoms with van der Waals surface area (Å²) in [6, 6.07) is -0.216. The highest BCUT2D eigenvalue weighted by Gasteiger charge is 2.18. The third kappa shape index (κ3) is 3.75. The maximum atomic E-state index is 11.5. The lowest BCUT2D eigenvalue weighted by atomic mass is 10.2. The molecule has 1 heterocycles. The molecule has 0 saturated carbocycles. The van der Waals surface area contributed by atoms with Crippen LogP contribution in [0.1, 0.15) is 6.92 Å². The van der Waals surface area contributed by atoms with Crippen molar-refractivity contribution >= 4 is 12.0 Å². The van der Waals surface area contributed by atoms with E-state index in [-0.39, 0.29) is 12.6 Å². The Balaban J connectivity index is 2.25. The SMILES string of the molecule is CC(CNC(=O)N1CCOCC1)C(=O)O. The lowest BCUT2D eigenvalue weighted by Crippen LogP contribution is -2.47. The predicted molar refractivity (Wildman–Crippen MR) is 52.6 cm³/mol. The van der Waals surface area contributed by atoms with Gasteiger partial charge in [-0.05, 0) is 0 Å². The van der Waals surface area contributed by atoms with Gasteiger partial charge in [-0.15, -0.1) is 0 Å². The second-order valence-corrected chi connectivity index (χ2v) is 3.52. The number of carbonyl (C=O) groups excluding carboxylic acids is 1. The number of hydrogen-bond donors (Lipinski definition) is 2. The fourth-order valence-corrected chi connectivity index (χ4v) is 1.21. The maximum absolute atomic E-state index is 11.5. The number of ether oxygens (including phenoxy) is 1. The summed E-state index contributed by atoms with van der Waals surface area (Å²) in [5.41, 5.74) is 0. The van der Waals surface area contributed by atoms with Gasteiger partial charge in [-0.2, -0.15) is 0 Å². The number of nitrogens with one attached hydrogen (secondary N) is 1. The van der Waals surface area contributed by atoms with E-state index in [4.69, 9.17) is 9.84 Å². The number of aliphatic carboxylic acids is 1. The quantitative estimate of drug-likeness (QED) is 0.681. The number of amides is 2. The van der Waals surface area contributed by atoms with Crippen molar-refractivity contribution in [3.63, 3.8) is 0 Å². The Kier molecular flexibility index (Phi) is 4.36. The number of carboxylic acid groups (broad SMARTS) is 1. The van der Waals surface area contributed by atoms with E-state index in [2.05, 4.69) is 5.32 Å². The van der Waals surface area contributed by atoms with Crippen molar-refractivity contribution < 1.29 is 19.4 Å². The summed E-state index contributed by atoms with van der Waals surface area (Å²) in [6.07, 6.45) is 0. The van der Waals surface area contributed by atoms with E-state index in [1.807, 2.05) is 0 Å².